The van der Waals surface area contributed by atoms with Crippen LogP contribution in [-0.2, 0) is 26.2 Å². The summed E-state index contributed by atoms with van der Waals surface area (Å²) >= 11 is 7.70. The van der Waals surface area contributed by atoms with E-state index in [0.717, 1.165) is 9.20 Å². The quantitative estimate of drug-likeness (QED) is 0.225. The fourth-order valence-corrected chi connectivity index (χ4v) is 6.24. The Morgan fingerprint density at radius 3 is 2.31 bits per heavy atom. The zero-order chi connectivity index (χ0) is 30.9. The number of carbonyl (C=O) groups is 2. The van der Waals surface area contributed by atoms with Crippen molar-refractivity contribution in [3.05, 3.63) is 83.4 Å². The third kappa shape index (κ3) is 8.65. The van der Waals surface area contributed by atoms with Crippen molar-refractivity contribution in [2.45, 2.75) is 50.1 Å². The minimum absolute atomic E-state index is 0.0310. The van der Waals surface area contributed by atoms with Gasteiger partial charge in [-0.15, -0.1) is 11.8 Å². The van der Waals surface area contributed by atoms with Crippen LogP contribution in [0.15, 0.2) is 82.6 Å². The Morgan fingerprint density at radius 2 is 1.69 bits per heavy atom. The number of carbonyl (C=O) groups excluding carboxylic acids is 2. The van der Waals surface area contributed by atoms with Crippen molar-refractivity contribution < 1.29 is 22.7 Å². The predicted molar refractivity (Wildman–Crippen MR) is 170 cm³/mol. The summed E-state index contributed by atoms with van der Waals surface area (Å²) in [6.07, 6.45) is 1.90. The Hall–Kier alpha value is -3.21. The van der Waals surface area contributed by atoms with Crippen molar-refractivity contribution in [3.63, 3.8) is 0 Å². The third-order valence-electron chi connectivity index (χ3n) is 6.45. The first kappa shape index (κ1) is 33.3. The number of rotatable bonds is 14. The molecular formula is C31H38ClN3O5S2. The number of hydrogen-bond donors (Lipinski definition) is 1. The van der Waals surface area contributed by atoms with E-state index in [2.05, 4.69) is 5.32 Å². The Kier molecular flexibility index (Phi) is 12.1. The van der Waals surface area contributed by atoms with Crippen LogP contribution in [0.4, 0.5) is 5.69 Å². The van der Waals surface area contributed by atoms with Crippen LogP contribution in [-0.4, -0.2) is 57.1 Å². The van der Waals surface area contributed by atoms with Crippen molar-refractivity contribution in [3.8, 4) is 5.75 Å². The second-order valence-corrected chi connectivity index (χ2v) is 13.2. The highest BCUT2D eigenvalue weighted by Crippen LogP contribution is 2.33. The average Bonchev–Trinajstić information content (AvgIpc) is 2.97. The predicted octanol–water partition coefficient (Wildman–Crippen LogP) is 5.85. The lowest BCUT2D eigenvalue weighted by molar-refractivity contribution is -0.139. The number of ether oxygens (including phenoxy) is 1. The first-order valence-corrected chi connectivity index (χ1v) is 16.7. The van der Waals surface area contributed by atoms with Crippen LogP contribution in [0.2, 0.25) is 5.02 Å². The van der Waals surface area contributed by atoms with Gasteiger partial charge in [0.05, 0.1) is 17.2 Å². The molecule has 0 fully saturated rings. The van der Waals surface area contributed by atoms with Crippen LogP contribution >= 0.6 is 23.4 Å². The first-order valence-electron chi connectivity index (χ1n) is 13.7. The lowest BCUT2D eigenvalue weighted by Crippen LogP contribution is -2.51. The van der Waals surface area contributed by atoms with E-state index in [-0.39, 0.29) is 29.0 Å². The number of halogens is 1. The van der Waals surface area contributed by atoms with Crippen molar-refractivity contribution in [2.24, 2.45) is 5.92 Å². The average molecular weight is 632 g/mol. The number of nitrogens with one attached hydrogen (secondary N) is 1. The van der Waals surface area contributed by atoms with E-state index in [9.17, 15) is 18.0 Å². The van der Waals surface area contributed by atoms with Gasteiger partial charge in [-0.3, -0.25) is 13.9 Å². The molecule has 1 atom stereocenters. The zero-order valence-electron chi connectivity index (χ0n) is 24.5. The lowest BCUT2D eigenvalue weighted by atomic mass is 10.1. The van der Waals surface area contributed by atoms with E-state index in [1.165, 1.54) is 28.8 Å². The van der Waals surface area contributed by atoms with Crippen LogP contribution in [0.3, 0.4) is 0 Å². The summed E-state index contributed by atoms with van der Waals surface area (Å²) in [5, 5.41) is 3.37. The number of sulfonamides is 1. The minimum atomic E-state index is -4.22. The summed E-state index contributed by atoms with van der Waals surface area (Å²) in [5.74, 6) is -0.360. The van der Waals surface area contributed by atoms with Gasteiger partial charge in [-0.2, -0.15) is 0 Å². The SMILES string of the molecule is CCOc1ccccc1N(CC(=O)N(Cc1cccc(Cl)c1)[C@@H](C)C(=O)NCC(C)C)S(=O)(=O)c1ccc(SC)cc1. The highest BCUT2D eigenvalue weighted by molar-refractivity contribution is 7.98. The highest BCUT2D eigenvalue weighted by Gasteiger charge is 2.34. The molecule has 0 saturated heterocycles. The smallest absolute Gasteiger partial charge is 0.264 e. The van der Waals surface area contributed by atoms with Gasteiger partial charge >= 0.3 is 0 Å². The number of nitrogens with zero attached hydrogens (tertiary/aromatic N) is 2. The molecule has 8 nitrogen and oxygen atoms in total. The molecule has 0 aliphatic heterocycles. The van der Waals surface area contributed by atoms with E-state index in [4.69, 9.17) is 16.3 Å². The number of amides is 2. The largest absolute Gasteiger partial charge is 0.492 e. The van der Waals surface area contributed by atoms with Crippen molar-refractivity contribution in [2.75, 3.05) is 30.3 Å². The first-order chi connectivity index (χ1) is 20.0. The normalized spacial score (nSPS) is 12.1. The van der Waals surface area contributed by atoms with Gasteiger partial charge in [-0.25, -0.2) is 8.42 Å². The van der Waals surface area contributed by atoms with Crippen LogP contribution in [0, 0.1) is 5.92 Å². The van der Waals surface area contributed by atoms with Crippen molar-refractivity contribution >= 4 is 50.9 Å². The molecule has 226 valence electrons. The van der Waals surface area contributed by atoms with E-state index in [1.807, 2.05) is 20.1 Å². The van der Waals surface area contributed by atoms with Gasteiger partial charge in [0, 0.05) is 23.0 Å². The molecule has 3 aromatic rings. The maximum Gasteiger partial charge on any atom is 0.264 e. The van der Waals surface area contributed by atoms with Gasteiger partial charge in [-0.05, 0) is 80.1 Å². The molecule has 0 aliphatic carbocycles. The number of benzene rings is 3. The second kappa shape index (κ2) is 15.3. The molecule has 0 bridgehead atoms. The maximum atomic E-state index is 14.1. The summed E-state index contributed by atoms with van der Waals surface area (Å²) in [4.78, 5) is 29.6. The highest BCUT2D eigenvalue weighted by atomic mass is 35.5. The Labute approximate surface area is 258 Å². The molecule has 1 N–H and O–H groups in total. The van der Waals surface area contributed by atoms with Crippen LogP contribution < -0.4 is 14.4 Å². The number of hydrogen-bond acceptors (Lipinski definition) is 6. The molecule has 0 unspecified atom stereocenters. The summed E-state index contributed by atoms with van der Waals surface area (Å²) in [5.41, 5.74) is 0.928. The van der Waals surface area contributed by atoms with E-state index in [0.29, 0.717) is 29.5 Å². The Balaban J connectivity index is 2.07. The monoisotopic (exact) mass is 631 g/mol. The van der Waals surface area contributed by atoms with Gasteiger partial charge in [0.15, 0.2) is 0 Å². The minimum Gasteiger partial charge on any atom is -0.492 e. The maximum absolute atomic E-state index is 14.1. The van der Waals surface area contributed by atoms with E-state index >= 15 is 0 Å². The summed E-state index contributed by atoms with van der Waals surface area (Å²) in [6.45, 7) is 7.62. The van der Waals surface area contributed by atoms with Gasteiger partial charge < -0.3 is 15.0 Å². The number of anilines is 1. The molecule has 2 amide bonds. The standard InChI is InChI=1S/C31H38ClN3O5S2/c1-6-40-29-13-8-7-12-28(29)35(42(38,39)27-16-14-26(41-5)15-17-27)21-30(36)34(20-24-10-9-11-25(32)18-24)23(4)31(37)33-19-22(2)3/h7-18,22-23H,6,19-21H2,1-5H3,(H,33,37)/t23-/m0/s1. The number of para-hydroxylation sites is 2. The van der Waals surface area contributed by atoms with Gasteiger partial charge in [0.2, 0.25) is 11.8 Å². The molecule has 42 heavy (non-hydrogen) atoms. The summed E-state index contributed by atoms with van der Waals surface area (Å²) in [7, 11) is -4.22. The van der Waals surface area contributed by atoms with Gasteiger partial charge in [0.1, 0.15) is 18.3 Å². The Morgan fingerprint density at radius 1 is 1.00 bits per heavy atom. The summed E-state index contributed by atoms with van der Waals surface area (Å²) in [6, 6.07) is 19.3. The van der Waals surface area contributed by atoms with Crippen LogP contribution in [0.5, 0.6) is 5.75 Å². The molecule has 3 aromatic carbocycles. The van der Waals surface area contributed by atoms with E-state index in [1.54, 1.807) is 74.5 Å². The third-order valence-corrected chi connectivity index (χ3v) is 9.21. The molecule has 0 spiro atoms. The molecule has 0 saturated carbocycles. The Bertz CT molecular complexity index is 1470. The molecule has 0 heterocycles. The molecular weight excluding hydrogens is 594 g/mol. The topological polar surface area (TPSA) is 96.0 Å². The van der Waals surface area contributed by atoms with Crippen LogP contribution in [0.25, 0.3) is 0 Å². The zero-order valence-corrected chi connectivity index (χ0v) is 26.9. The van der Waals surface area contributed by atoms with Crippen molar-refractivity contribution in [1.82, 2.24) is 10.2 Å². The molecule has 11 heteroatoms. The fourth-order valence-electron chi connectivity index (χ4n) is 4.20. The fraction of sp³-hybridized carbons (Fsp3) is 0.355. The molecule has 0 radical (unpaired) electrons. The molecule has 3 rings (SSSR count). The second-order valence-electron chi connectivity index (χ2n) is 10.1. The lowest BCUT2D eigenvalue weighted by Gasteiger charge is -2.32. The van der Waals surface area contributed by atoms with E-state index < -0.39 is 28.5 Å². The van der Waals surface area contributed by atoms with Crippen LogP contribution in [0.1, 0.15) is 33.3 Å². The molecule has 0 aliphatic rings. The van der Waals surface area contributed by atoms with Gasteiger partial charge in [0.25, 0.3) is 10.0 Å². The van der Waals surface area contributed by atoms with Crippen molar-refractivity contribution in [1.29, 1.82) is 0 Å². The van der Waals surface area contributed by atoms with Gasteiger partial charge in [-0.1, -0.05) is 49.7 Å². The molecule has 0 aromatic heterocycles. The summed E-state index contributed by atoms with van der Waals surface area (Å²) < 4.78 is 35.1. The number of thioether (sulfide) groups is 1.